The van der Waals surface area contributed by atoms with E-state index < -0.39 is 17.6 Å². The maximum absolute atomic E-state index is 13.6. The molecule has 0 unspecified atom stereocenters. The lowest BCUT2D eigenvalue weighted by molar-refractivity contribution is 0.0522. The zero-order chi connectivity index (χ0) is 24.3. The number of amides is 2. The van der Waals surface area contributed by atoms with Gasteiger partial charge >= 0.3 is 6.09 Å². The third-order valence-electron chi connectivity index (χ3n) is 5.07. The Hall–Kier alpha value is -3.61. The number of fused-ring (bicyclic) bond motifs is 1. The van der Waals surface area contributed by atoms with Crippen molar-refractivity contribution in [3.63, 3.8) is 0 Å². The Labute approximate surface area is 193 Å². The number of alkyl carbamates (subject to hydrolysis) is 1. The van der Waals surface area contributed by atoms with Crippen LogP contribution in [0.5, 0.6) is 0 Å². The molecule has 33 heavy (non-hydrogen) atoms. The van der Waals surface area contributed by atoms with Gasteiger partial charge in [-0.15, -0.1) is 0 Å². The predicted octanol–water partition coefficient (Wildman–Crippen LogP) is 4.45. The van der Waals surface area contributed by atoms with Crippen LogP contribution < -0.4 is 16.6 Å². The standard InChI is InChI=1S/C26H31N3O4/c1-16(2)15-29-21(14-28-25(32)33-26(3,4)5)22(17-9-7-6-8-10-17)19-12-11-18(23(27)30)13-20(19)24(29)31/h6-13,16H,14-15H2,1-5H3,(H2,27,30)(H,28,32). The molecule has 3 N–H and O–H groups in total. The minimum Gasteiger partial charge on any atom is -0.444 e. The number of nitrogens with zero attached hydrogens (tertiary/aromatic N) is 1. The van der Waals surface area contributed by atoms with Crippen LogP contribution in [0.15, 0.2) is 53.3 Å². The Bertz CT molecular complexity index is 1240. The third-order valence-corrected chi connectivity index (χ3v) is 5.07. The summed E-state index contributed by atoms with van der Waals surface area (Å²) in [5.74, 6) is -0.424. The summed E-state index contributed by atoms with van der Waals surface area (Å²) >= 11 is 0. The third kappa shape index (κ3) is 5.61. The molecule has 0 radical (unpaired) electrons. The number of nitrogens with one attached hydrogen (secondary N) is 1. The summed E-state index contributed by atoms with van der Waals surface area (Å²) in [5, 5.41) is 3.91. The largest absolute Gasteiger partial charge is 0.444 e. The molecule has 3 rings (SSSR count). The Morgan fingerprint density at radius 1 is 1.06 bits per heavy atom. The summed E-state index contributed by atoms with van der Waals surface area (Å²) in [6.07, 6.45) is -0.561. The van der Waals surface area contributed by atoms with Gasteiger partial charge in [-0.25, -0.2) is 4.79 Å². The second kappa shape index (κ2) is 9.48. The van der Waals surface area contributed by atoms with Crippen LogP contribution in [0.3, 0.4) is 0 Å². The fraction of sp³-hybridized carbons (Fsp3) is 0.346. The Morgan fingerprint density at radius 2 is 1.73 bits per heavy atom. The van der Waals surface area contributed by atoms with Gasteiger partial charge in [0.25, 0.3) is 5.56 Å². The quantitative estimate of drug-likeness (QED) is 0.580. The zero-order valence-corrected chi connectivity index (χ0v) is 19.8. The number of pyridine rings is 1. The molecule has 0 saturated carbocycles. The molecule has 0 bridgehead atoms. The first-order valence-electron chi connectivity index (χ1n) is 11.0. The number of nitrogens with two attached hydrogens (primary N) is 1. The molecule has 2 amide bonds. The van der Waals surface area contributed by atoms with Crippen LogP contribution in [0.2, 0.25) is 0 Å². The molecule has 0 aliphatic carbocycles. The summed E-state index contributed by atoms with van der Waals surface area (Å²) in [7, 11) is 0. The normalized spacial score (nSPS) is 11.6. The smallest absolute Gasteiger partial charge is 0.407 e. The fourth-order valence-corrected chi connectivity index (χ4v) is 3.79. The van der Waals surface area contributed by atoms with Gasteiger partial charge in [0.05, 0.1) is 6.54 Å². The molecular weight excluding hydrogens is 418 g/mol. The van der Waals surface area contributed by atoms with E-state index in [0.29, 0.717) is 23.0 Å². The average molecular weight is 450 g/mol. The van der Waals surface area contributed by atoms with Crippen molar-refractivity contribution in [3.8, 4) is 11.1 Å². The fourth-order valence-electron chi connectivity index (χ4n) is 3.79. The zero-order valence-electron chi connectivity index (χ0n) is 19.8. The maximum atomic E-state index is 13.6. The molecule has 2 aromatic carbocycles. The van der Waals surface area contributed by atoms with Crippen LogP contribution in [0.25, 0.3) is 21.9 Å². The van der Waals surface area contributed by atoms with Crippen LogP contribution >= 0.6 is 0 Å². The van der Waals surface area contributed by atoms with Gasteiger partial charge in [0.15, 0.2) is 0 Å². The van der Waals surface area contributed by atoms with Gasteiger partial charge in [0, 0.05) is 28.8 Å². The molecule has 0 saturated heterocycles. The van der Waals surface area contributed by atoms with Gasteiger partial charge in [0.1, 0.15) is 5.60 Å². The maximum Gasteiger partial charge on any atom is 0.407 e. The van der Waals surface area contributed by atoms with E-state index in [0.717, 1.165) is 11.1 Å². The SMILES string of the molecule is CC(C)Cn1c(CNC(=O)OC(C)(C)C)c(-c2ccccc2)c2ccc(C(N)=O)cc2c1=O. The number of carbonyl (C=O) groups is 2. The summed E-state index contributed by atoms with van der Waals surface area (Å²) in [4.78, 5) is 37.8. The Morgan fingerprint density at radius 3 is 2.30 bits per heavy atom. The lowest BCUT2D eigenvalue weighted by Gasteiger charge is -2.23. The van der Waals surface area contributed by atoms with Crippen molar-refractivity contribution in [2.24, 2.45) is 11.7 Å². The van der Waals surface area contributed by atoms with Gasteiger partial charge in [0.2, 0.25) is 5.91 Å². The second-order valence-electron chi connectivity index (χ2n) is 9.48. The average Bonchev–Trinajstić information content (AvgIpc) is 2.73. The van der Waals surface area contributed by atoms with E-state index >= 15 is 0 Å². The molecule has 0 aliphatic rings. The van der Waals surface area contributed by atoms with E-state index in [2.05, 4.69) is 5.32 Å². The van der Waals surface area contributed by atoms with Crippen LogP contribution in [-0.2, 0) is 17.8 Å². The highest BCUT2D eigenvalue weighted by Crippen LogP contribution is 2.31. The van der Waals surface area contributed by atoms with Crippen LogP contribution in [0.4, 0.5) is 4.79 Å². The van der Waals surface area contributed by atoms with Gasteiger partial charge < -0.3 is 20.4 Å². The van der Waals surface area contributed by atoms with Crippen molar-refractivity contribution >= 4 is 22.8 Å². The summed E-state index contributed by atoms with van der Waals surface area (Å²) < 4.78 is 7.08. The first-order valence-corrected chi connectivity index (χ1v) is 11.0. The van der Waals surface area contributed by atoms with Crippen LogP contribution in [0.1, 0.15) is 50.7 Å². The number of rotatable bonds is 6. The van der Waals surface area contributed by atoms with Crippen molar-refractivity contribution in [1.82, 2.24) is 9.88 Å². The first kappa shape index (κ1) is 24.0. The lowest BCUT2D eigenvalue weighted by Crippen LogP contribution is -2.35. The molecule has 7 nitrogen and oxygen atoms in total. The molecular formula is C26H31N3O4. The second-order valence-corrected chi connectivity index (χ2v) is 9.48. The van der Waals surface area contributed by atoms with Crippen molar-refractivity contribution in [2.45, 2.75) is 53.3 Å². The Balaban J connectivity index is 2.29. The molecule has 174 valence electrons. The van der Waals surface area contributed by atoms with Crippen LogP contribution in [-0.4, -0.2) is 22.2 Å². The highest BCUT2D eigenvalue weighted by molar-refractivity contribution is 6.02. The summed E-state index contributed by atoms with van der Waals surface area (Å²) in [5.41, 5.74) is 7.26. The van der Waals surface area contributed by atoms with Crippen molar-refractivity contribution in [3.05, 3.63) is 70.1 Å². The molecule has 1 aromatic heterocycles. The number of primary amides is 1. The highest BCUT2D eigenvalue weighted by Gasteiger charge is 2.22. The van der Waals surface area contributed by atoms with E-state index in [9.17, 15) is 14.4 Å². The van der Waals surface area contributed by atoms with E-state index in [4.69, 9.17) is 10.5 Å². The molecule has 1 heterocycles. The van der Waals surface area contributed by atoms with Gasteiger partial charge in [-0.05, 0) is 49.8 Å². The summed E-state index contributed by atoms with van der Waals surface area (Å²) in [6, 6.07) is 14.6. The highest BCUT2D eigenvalue weighted by atomic mass is 16.6. The van der Waals surface area contributed by atoms with Gasteiger partial charge in [-0.1, -0.05) is 50.2 Å². The number of aromatic nitrogens is 1. The van der Waals surface area contributed by atoms with Gasteiger partial charge in [-0.3, -0.25) is 9.59 Å². The molecule has 7 heteroatoms. The van der Waals surface area contributed by atoms with Crippen molar-refractivity contribution < 1.29 is 14.3 Å². The first-order chi connectivity index (χ1) is 15.5. The number of hydrogen-bond acceptors (Lipinski definition) is 4. The lowest BCUT2D eigenvalue weighted by atomic mass is 9.95. The topological polar surface area (TPSA) is 103 Å². The number of hydrogen-bond donors (Lipinski definition) is 2. The van der Waals surface area contributed by atoms with E-state index in [1.54, 1.807) is 43.5 Å². The Kier molecular flexibility index (Phi) is 6.91. The van der Waals surface area contributed by atoms with Gasteiger partial charge in [-0.2, -0.15) is 0 Å². The number of ether oxygens (including phenoxy) is 1. The van der Waals surface area contributed by atoms with E-state index in [-0.39, 0.29) is 23.6 Å². The minimum atomic E-state index is -0.640. The van der Waals surface area contributed by atoms with Crippen molar-refractivity contribution in [2.75, 3.05) is 0 Å². The number of benzene rings is 2. The monoisotopic (exact) mass is 449 g/mol. The molecule has 0 fully saturated rings. The molecule has 0 spiro atoms. The number of carbonyl (C=O) groups excluding carboxylic acids is 2. The van der Waals surface area contributed by atoms with E-state index in [1.807, 2.05) is 44.2 Å². The molecule has 3 aromatic rings. The molecule has 0 aliphatic heterocycles. The molecule has 0 atom stereocenters. The van der Waals surface area contributed by atoms with Crippen LogP contribution in [0, 0.1) is 5.92 Å². The minimum absolute atomic E-state index is 0.106. The summed E-state index contributed by atoms with van der Waals surface area (Å²) in [6.45, 7) is 9.97. The predicted molar refractivity (Wildman–Crippen MR) is 130 cm³/mol. The van der Waals surface area contributed by atoms with E-state index in [1.165, 1.54) is 0 Å². The van der Waals surface area contributed by atoms with Crippen molar-refractivity contribution in [1.29, 1.82) is 0 Å².